The van der Waals surface area contributed by atoms with Crippen molar-refractivity contribution < 1.29 is 4.74 Å². The highest BCUT2D eigenvalue weighted by molar-refractivity contribution is 5.05. The van der Waals surface area contributed by atoms with Gasteiger partial charge in [-0.25, -0.2) is 0 Å². The first-order valence-electron chi connectivity index (χ1n) is 7.48. The van der Waals surface area contributed by atoms with Crippen LogP contribution >= 0.6 is 0 Å². The maximum atomic E-state index is 6.26. The molecule has 2 fully saturated rings. The van der Waals surface area contributed by atoms with Crippen LogP contribution < -0.4 is 5.73 Å². The van der Waals surface area contributed by atoms with Crippen molar-refractivity contribution in [3.63, 3.8) is 0 Å². The molecule has 1 heterocycles. The van der Waals surface area contributed by atoms with E-state index in [4.69, 9.17) is 10.5 Å². The molecule has 3 nitrogen and oxygen atoms in total. The average molecular weight is 254 g/mol. The van der Waals surface area contributed by atoms with Gasteiger partial charge < -0.3 is 10.5 Å². The molecule has 0 radical (unpaired) electrons. The summed E-state index contributed by atoms with van der Waals surface area (Å²) in [6.45, 7) is 12.9. The van der Waals surface area contributed by atoms with Crippen LogP contribution in [-0.4, -0.2) is 42.3 Å². The molecule has 1 aliphatic heterocycles. The zero-order valence-corrected chi connectivity index (χ0v) is 12.5. The fraction of sp³-hybridized carbons (Fsp3) is 1.00. The second-order valence-electron chi connectivity index (χ2n) is 7.11. The molecule has 0 aromatic carbocycles. The molecule has 0 aromatic heterocycles. The lowest BCUT2D eigenvalue weighted by Gasteiger charge is -2.58. The maximum Gasteiger partial charge on any atom is 0.0645 e. The Labute approximate surface area is 112 Å². The zero-order chi connectivity index (χ0) is 13.4. The van der Waals surface area contributed by atoms with E-state index in [1.807, 2.05) is 0 Å². The van der Waals surface area contributed by atoms with Gasteiger partial charge in [0.15, 0.2) is 0 Å². The third-order valence-electron chi connectivity index (χ3n) is 5.25. The lowest BCUT2D eigenvalue weighted by molar-refractivity contribution is -0.134. The molecule has 0 amide bonds. The lowest BCUT2D eigenvalue weighted by atomic mass is 9.67. The molecule has 0 aromatic rings. The van der Waals surface area contributed by atoms with Crippen molar-refractivity contribution in [3.05, 3.63) is 0 Å². The van der Waals surface area contributed by atoms with E-state index in [-0.39, 0.29) is 11.1 Å². The molecule has 2 rings (SSSR count). The Hall–Kier alpha value is -0.120. The molecule has 2 N–H and O–H groups in total. The molecule has 106 valence electrons. The van der Waals surface area contributed by atoms with Crippen molar-refractivity contribution >= 4 is 0 Å². The van der Waals surface area contributed by atoms with Gasteiger partial charge in [-0.05, 0) is 38.5 Å². The third-order valence-corrected chi connectivity index (χ3v) is 5.25. The van der Waals surface area contributed by atoms with Crippen molar-refractivity contribution in [1.29, 1.82) is 0 Å². The van der Waals surface area contributed by atoms with Gasteiger partial charge in [0, 0.05) is 24.2 Å². The Bertz CT molecular complexity index is 292. The Balaban J connectivity index is 2.29. The van der Waals surface area contributed by atoms with E-state index in [0.717, 1.165) is 32.2 Å². The fourth-order valence-electron chi connectivity index (χ4n) is 4.16. The summed E-state index contributed by atoms with van der Waals surface area (Å²) >= 11 is 0. The second-order valence-corrected chi connectivity index (χ2v) is 7.11. The van der Waals surface area contributed by atoms with E-state index >= 15 is 0 Å². The molecule has 1 saturated heterocycles. The van der Waals surface area contributed by atoms with Gasteiger partial charge in [0.2, 0.25) is 0 Å². The zero-order valence-electron chi connectivity index (χ0n) is 12.5. The highest BCUT2D eigenvalue weighted by Crippen LogP contribution is 2.44. The minimum absolute atomic E-state index is 0.114. The number of hydrogen-bond acceptors (Lipinski definition) is 3. The van der Waals surface area contributed by atoms with Crippen molar-refractivity contribution in [1.82, 2.24) is 4.90 Å². The smallest absolute Gasteiger partial charge is 0.0645 e. The predicted molar refractivity (Wildman–Crippen MR) is 75.6 cm³/mol. The highest BCUT2D eigenvalue weighted by Gasteiger charge is 2.49. The van der Waals surface area contributed by atoms with Gasteiger partial charge in [-0.1, -0.05) is 20.3 Å². The van der Waals surface area contributed by atoms with Crippen LogP contribution in [-0.2, 0) is 4.74 Å². The quantitative estimate of drug-likeness (QED) is 0.821. The molecule has 0 spiro atoms. The lowest BCUT2D eigenvalue weighted by Crippen LogP contribution is -2.69. The molecule has 1 aliphatic carbocycles. The van der Waals surface area contributed by atoms with Gasteiger partial charge in [0.1, 0.15) is 0 Å². The third kappa shape index (κ3) is 2.33. The Kier molecular flexibility index (Phi) is 4.05. The van der Waals surface area contributed by atoms with Crippen LogP contribution in [0.15, 0.2) is 0 Å². The molecule has 3 atom stereocenters. The van der Waals surface area contributed by atoms with Crippen LogP contribution in [0.3, 0.4) is 0 Å². The number of hydrogen-bond donors (Lipinski definition) is 1. The number of nitrogens with two attached hydrogens (primary N) is 1. The molecule has 18 heavy (non-hydrogen) atoms. The minimum Gasteiger partial charge on any atom is -0.378 e. The van der Waals surface area contributed by atoms with Crippen LogP contribution in [0, 0.1) is 11.8 Å². The van der Waals surface area contributed by atoms with Gasteiger partial charge in [0.25, 0.3) is 0 Å². The minimum atomic E-state index is 0.114. The van der Waals surface area contributed by atoms with Crippen LogP contribution in [0.1, 0.15) is 47.0 Å². The van der Waals surface area contributed by atoms with Crippen LogP contribution in [0.4, 0.5) is 0 Å². The number of ether oxygens (including phenoxy) is 1. The molecule has 3 unspecified atom stereocenters. The standard InChI is InChI=1S/C15H30N2O/c1-12-5-6-13(2)15(9-12,10-16)17-7-8-18-11-14(17,3)4/h12-13H,5-11,16H2,1-4H3. The molecule has 2 aliphatic rings. The summed E-state index contributed by atoms with van der Waals surface area (Å²) in [4.78, 5) is 2.67. The van der Waals surface area contributed by atoms with Gasteiger partial charge in [-0.2, -0.15) is 0 Å². The van der Waals surface area contributed by atoms with Gasteiger partial charge in [-0.15, -0.1) is 0 Å². The average Bonchev–Trinajstić information content (AvgIpc) is 2.32. The second kappa shape index (κ2) is 5.10. The van der Waals surface area contributed by atoms with E-state index in [9.17, 15) is 0 Å². The summed E-state index contributed by atoms with van der Waals surface area (Å²) in [6, 6.07) is 0. The van der Waals surface area contributed by atoms with E-state index < -0.39 is 0 Å². The van der Waals surface area contributed by atoms with Crippen LogP contribution in [0.5, 0.6) is 0 Å². The van der Waals surface area contributed by atoms with E-state index in [0.29, 0.717) is 5.92 Å². The van der Waals surface area contributed by atoms with Gasteiger partial charge in [0.05, 0.1) is 13.2 Å². The topological polar surface area (TPSA) is 38.5 Å². The molecule has 1 saturated carbocycles. The first-order chi connectivity index (χ1) is 8.42. The normalized spacial score (nSPS) is 41.8. The van der Waals surface area contributed by atoms with Crippen LogP contribution in [0.2, 0.25) is 0 Å². The monoisotopic (exact) mass is 254 g/mol. The summed E-state index contributed by atoms with van der Waals surface area (Å²) in [7, 11) is 0. The fourth-order valence-corrected chi connectivity index (χ4v) is 4.16. The molecule has 0 bridgehead atoms. The Morgan fingerprint density at radius 2 is 2.00 bits per heavy atom. The Morgan fingerprint density at radius 1 is 1.28 bits per heavy atom. The summed E-state index contributed by atoms with van der Waals surface area (Å²) in [5, 5.41) is 0. The maximum absolute atomic E-state index is 6.26. The largest absolute Gasteiger partial charge is 0.378 e. The van der Waals surface area contributed by atoms with E-state index in [1.54, 1.807) is 0 Å². The molecular weight excluding hydrogens is 224 g/mol. The predicted octanol–water partition coefficient (Wildman–Crippen LogP) is 2.25. The van der Waals surface area contributed by atoms with Gasteiger partial charge >= 0.3 is 0 Å². The summed E-state index contributed by atoms with van der Waals surface area (Å²) in [6.07, 6.45) is 3.91. The highest BCUT2D eigenvalue weighted by atomic mass is 16.5. The van der Waals surface area contributed by atoms with E-state index in [1.165, 1.54) is 19.3 Å². The number of rotatable bonds is 2. The molecule has 3 heteroatoms. The van der Waals surface area contributed by atoms with Crippen molar-refractivity contribution in [2.24, 2.45) is 17.6 Å². The van der Waals surface area contributed by atoms with Crippen LogP contribution in [0.25, 0.3) is 0 Å². The van der Waals surface area contributed by atoms with Crippen molar-refractivity contribution in [2.45, 2.75) is 58.0 Å². The SMILES string of the molecule is CC1CCC(C)C(CN)(N2CCOCC2(C)C)C1. The number of morpholine rings is 1. The Morgan fingerprint density at radius 3 is 2.61 bits per heavy atom. The van der Waals surface area contributed by atoms with Crippen molar-refractivity contribution in [2.75, 3.05) is 26.3 Å². The van der Waals surface area contributed by atoms with Crippen molar-refractivity contribution in [3.8, 4) is 0 Å². The number of nitrogens with zero attached hydrogens (tertiary/aromatic N) is 1. The summed E-state index contributed by atoms with van der Waals surface area (Å²) in [5.74, 6) is 1.49. The van der Waals surface area contributed by atoms with Gasteiger partial charge in [-0.3, -0.25) is 4.90 Å². The summed E-state index contributed by atoms with van der Waals surface area (Å²) in [5.41, 5.74) is 6.56. The first-order valence-corrected chi connectivity index (χ1v) is 7.48. The first kappa shape index (κ1) is 14.3. The summed E-state index contributed by atoms with van der Waals surface area (Å²) < 4.78 is 5.67. The molecular formula is C15H30N2O. The van der Waals surface area contributed by atoms with E-state index in [2.05, 4.69) is 32.6 Å².